The summed E-state index contributed by atoms with van der Waals surface area (Å²) in [4.78, 5) is 16.5. The Kier molecular flexibility index (Phi) is 3.46. The number of rotatable bonds is 2. The highest BCUT2D eigenvalue weighted by molar-refractivity contribution is 6.02. The molecular formula is C14H20N2O. The van der Waals surface area contributed by atoms with E-state index in [0.29, 0.717) is 17.3 Å². The highest BCUT2D eigenvalue weighted by Gasteiger charge is 2.28. The summed E-state index contributed by atoms with van der Waals surface area (Å²) in [6.45, 7) is 4.15. The van der Waals surface area contributed by atoms with Crippen LogP contribution in [0.4, 0.5) is 5.82 Å². The molecule has 0 bridgehead atoms. The van der Waals surface area contributed by atoms with Gasteiger partial charge < -0.3 is 5.73 Å². The van der Waals surface area contributed by atoms with Crippen LogP contribution in [0.15, 0.2) is 12.3 Å². The van der Waals surface area contributed by atoms with Crippen molar-refractivity contribution in [3.05, 3.63) is 23.4 Å². The Balaban J connectivity index is 2.24. The quantitative estimate of drug-likeness (QED) is 0.797. The van der Waals surface area contributed by atoms with Crippen LogP contribution in [0.3, 0.4) is 0 Å². The molecule has 0 radical (unpaired) electrons. The Hall–Kier alpha value is -1.38. The van der Waals surface area contributed by atoms with Crippen molar-refractivity contribution < 1.29 is 4.79 Å². The number of anilines is 1. The molecule has 1 aromatic rings. The van der Waals surface area contributed by atoms with Crippen LogP contribution in [0, 0.1) is 18.8 Å². The van der Waals surface area contributed by atoms with Gasteiger partial charge in [-0.3, -0.25) is 4.79 Å². The molecule has 3 heteroatoms. The van der Waals surface area contributed by atoms with Gasteiger partial charge in [-0.2, -0.15) is 0 Å². The number of hydrogen-bond acceptors (Lipinski definition) is 3. The Bertz CT molecular complexity index is 408. The van der Waals surface area contributed by atoms with Crippen molar-refractivity contribution in [2.45, 2.75) is 39.5 Å². The summed E-state index contributed by atoms with van der Waals surface area (Å²) in [5.74, 6) is 1.37. The molecule has 1 aliphatic rings. The topological polar surface area (TPSA) is 56.0 Å². The van der Waals surface area contributed by atoms with Gasteiger partial charge in [-0.25, -0.2) is 4.98 Å². The van der Waals surface area contributed by atoms with E-state index < -0.39 is 0 Å². The molecule has 2 atom stereocenters. The molecule has 0 aromatic carbocycles. The largest absolute Gasteiger partial charge is 0.383 e. The molecule has 1 aliphatic carbocycles. The van der Waals surface area contributed by atoms with Gasteiger partial charge in [0.2, 0.25) is 0 Å². The molecule has 1 saturated carbocycles. The maximum absolute atomic E-state index is 12.5. The van der Waals surface area contributed by atoms with Gasteiger partial charge in [0.05, 0.1) is 5.56 Å². The van der Waals surface area contributed by atoms with E-state index in [9.17, 15) is 4.79 Å². The summed E-state index contributed by atoms with van der Waals surface area (Å²) in [5, 5.41) is 0. The van der Waals surface area contributed by atoms with Crippen molar-refractivity contribution in [3.8, 4) is 0 Å². The lowest BCUT2D eigenvalue weighted by Gasteiger charge is -2.26. The SMILES string of the molecule is Cc1ccnc(N)c1C(=O)C1CCCC(C)C1. The minimum absolute atomic E-state index is 0.143. The number of nitrogen functional groups attached to an aromatic ring is 1. The number of carbonyl (C=O) groups is 1. The van der Waals surface area contributed by atoms with E-state index in [4.69, 9.17) is 5.73 Å². The molecule has 1 fully saturated rings. The highest BCUT2D eigenvalue weighted by atomic mass is 16.1. The number of nitrogens with two attached hydrogens (primary N) is 1. The standard InChI is InChI=1S/C14H20N2O/c1-9-4-3-5-11(8-9)13(17)12-10(2)6-7-16-14(12)15/h6-7,9,11H,3-5,8H2,1-2H3,(H2,15,16). The van der Waals surface area contributed by atoms with Gasteiger partial charge in [0, 0.05) is 12.1 Å². The van der Waals surface area contributed by atoms with Crippen molar-refractivity contribution in [3.63, 3.8) is 0 Å². The molecule has 0 spiro atoms. The molecule has 17 heavy (non-hydrogen) atoms. The molecule has 0 saturated heterocycles. The second-order valence-corrected chi connectivity index (χ2v) is 5.22. The summed E-state index contributed by atoms with van der Waals surface area (Å²) in [7, 11) is 0. The first-order valence-corrected chi connectivity index (χ1v) is 6.35. The normalized spacial score (nSPS) is 24.6. The lowest BCUT2D eigenvalue weighted by Crippen LogP contribution is -2.23. The van der Waals surface area contributed by atoms with Crippen molar-refractivity contribution in [1.29, 1.82) is 0 Å². The number of nitrogens with zero attached hydrogens (tertiary/aromatic N) is 1. The number of Topliss-reactive ketones (excluding diaryl/α,β-unsaturated/α-hetero) is 1. The molecule has 1 heterocycles. The average Bonchev–Trinajstić information content (AvgIpc) is 2.28. The predicted octanol–water partition coefficient (Wildman–Crippen LogP) is 2.98. The second kappa shape index (κ2) is 4.86. The van der Waals surface area contributed by atoms with Crippen LogP contribution >= 0.6 is 0 Å². The fourth-order valence-corrected chi connectivity index (χ4v) is 2.78. The number of ketones is 1. The molecule has 2 unspecified atom stereocenters. The van der Waals surface area contributed by atoms with Gasteiger partial charge in [0.1, 0.15) is 5.82 Å². The van der Waals surface area contributed by atoms with Crippen LogP contribution in [0.1, 0.15) is 48.5 Å². The smallest absolute Gasteiger partial charge is 0.169 e. The van der Waals surface area contributed by atoms with E-state index in [1.165, 1.54) is 6.42 Å². The zero-order chi connectivity index (χ0) is 12.4. The third kappa shape index (κ3) is 2.48. The number of pyridine rings is 1. The number of aromatic nitrogens is 1. The Morgan fingerprint density at radius 1 is 1.47 bits per heavy atom. The minimum atomic E-state index is 0.143. The molecule has 0 amide bonds. The van der Waals surface area contributed by atoms with E-state index in [-0.39, 0.29) is 11.7 Å². The predicted molar refractivity (Wildman–Crippen MR) is 68.8 cm³/mol. The first-order valence-electron chi connectivity index (χ1n) is 6.35. The van der Waals surface area contributed by atoms with Crippen LogP contribution in [-0.2, 0) is 0 Å². The van der Waals surface area contributed by atoms with E-state index in [1.54, 1.807) is 6.20 Å². The van der Waals surface area contributed by atoms with E-state index >= 15 is 0 Å². The molecule has 92 valence electrons. The maximum Gasteiger partial charge on any atom is 0.169 e. The molecule has 0 aliphatic heterocycles. The van der Waals surface area contributed by atoms with E-state index in [2.05, 4.69) is 11.9 Å². The summed E-state index contributed by atoms with van der Waals surface area (Å²) in [6, 6.07) is 1.86. The maximum atomic E-state index is 12.5. The number of aryl methyl sites for hydroxylation is 1. The lowest BCUT2D eigenvalue weighted by atomic mass is 9.78. The summed E-state index contributed by atoms with van der Waals surface area (Å²) < 4.78 is 0. The van der Waals surface area contributed by atoms with Crippen molar-refractivity contribution in [2.75, 3.05) is 5.73 Å². The summed E-state index contributed by atoms with van der Waals surface area (Å²) >= 11 is 0. The summed E-state index contributed by atoms with van der Waals surface area (Å²) in [6.07, 6.45) is 6.04. The Morgan fingerprint density at radius 3 is 2.88 bits per heavy atom. The fourth-order valence-electron chi connectivity index (χ4n) is 2.78. The zero-order valence-electron chi connectivity index (χ0n) is 10.6. The molecule has 2 N–H and O–H groups in total. The first kappa shape index (κ1) is 12.1. The van der Waals surface area contributed by atoms with Gasteiger partial charge in [-0.05, 0) is 37.3 Å². The van der Waals surface area contributed by atoms with Crippen molar-refractivity contribution in [1.82, 2.24) is 4.98 Å². The van der Waals surface area contributed by atoms with Crippen LogP contribution < -0.4 is 5.73 Å². The van der Waals surface area contributed by atoms with Gasteiger partial charge in [0.15, 0.2) is 5.78 Å². The fraction of sp³-hybridized carbons (Fsp3) is 0.571. The van der Waals surface area contributed by atoms with Crippen LogP contribution in [-0.4, -0.2) is 10.8 Å². The van der Waals surface area contributed by atoms with Crippen LogP contribution in [0.25, 0.3) is 0 Å². The molecule has 2 rings (SSSR count). The van der Waals surface area contributed by atoms with Gasteiger partial charge in [-0.1, -0.05) is 19.8 Å². The highest BCUT2D eigenvalue weighted by Crippen LogP contribution is 2.32. The zero-order valence-corrected chi connectivity index (χ0v) is 10.6. The monoisotopic (exact) mass is 232 g/mol. The number of hydrogen-bond donors (Lipinski definition) is 1. The van der Waals surface area contributed by atoms with Gasteiger partial charge in [-0.15, -0.1) is 0 Å². The third-order valence-corrected chi connectivity index (χ3v) is 3.74. The van der Waals surface area contributed by atoms with Crippen molar-refractivity contribution >= 4 is 11.6 Å². The Morgan fingerprint density at radius 2 is 2.24 bits per heavy atom. The third-order valence-electron chi connectivity index (χ3n) is 3.74. The van der Waals surface area contributed by atoms with Crippen LogP contribution in [0.2, 0.25) is 0 Å². The molecule has 3 nitrogen and oxygen atoms in total. The Labute approximate surface area is 102 Å². The first-order chi connectivity index (χ1) is 8.09. The van der Waals surface area contributed by atoms with E-state index in [1.807, 2.05) is 13.0 Å². The second-order valence-electron chi connectivity index (χ2n) is 5.22. The molecule has 1 aromatic heterocycles. The van der Waals surface area contributed by atoms with Gasteiger partial charge >= 0.3 is 0 Å². The molecular weight excluding hydrogens is 212 g/mol. The minimum Gasteiger partial charge on any atom is -0.383 e. The van der Waals surface area contributed by atoms with Gasteiger partial charge in [0.25, 0.3) is 0 Å². The van der Waals surface area contributed by atoms with E-state index in [0.717, 1.165) is 24.8 Å². The summed E-state index contributed by atoms with van der Waals surface area (Å²) in [5.41, 5.74) is 7.42. The number of carbonyl (C=O) groups excluding carboxylic acids is 1. The van der Waals surface area contributed by atoms with Crippen molar-refractivity contribution in [2.24, 2.45) is 11.8 Å². The lowest BCUT2D eigenvalue weighted by molar-refractivity contribution is 0.0868. The average molecular weight is 232 g/mol. The van der Waals surface area contributed by atoms with Crippen LogP contribution in [0.5, 0.6) is 0 Å².